The highest BCUT2D eigenvalue weighted by molar-refractivity contribution is 7.10. The summed E-state index contributed by atoms with van der Waals surface area (Å²) in [6.45, 7) is 4.37. The van der Waals surface area contributed by atoms with Gasteiger partial charge >= 0.3 is 5.97 Å². The number of fused-ring (bicyclic) bond motifs is 1. The first kappa shape index (κ1) is 14.8. The zero-order valence-corrected chi connectivity index (χ0v) is 13.4. The number of esters is 1. The van der Waals surface area contributed by atoms with Crippen LogP contribution in [0.15, 0.2) is 35.1 Å². The van der Waals surface area contributed by atoms with Gasteiger partial charge in [0, 0.05) is 10.6 Å². The van der Waals surface area contributed by atoms with Crippen LogP contribution in [-0.4, -0.2) is 27.3 Å². The molecule has 0 aromatic carbocycles. The van der Waals surface area contributed by atoms with Gasteiger partial charge in [-0.2, -0.15) is 10.1 Å². The Morgan fingerprint density at radius 3 is 3.14 bits per heavy atom. The molecule has 0 bridgehead atoms. The van der Waals surface area contributed by atoms with Crippen molar-refractivity contribution in [3.05, 3.63) is 40.0 Å². The topological polar surface area (TPSA) is 69.0 Å². The van der Waals surface area contributed by atoms with E-state index < -0.39 is 0 Å². The van der Waals surface area contributed by atoms with Gasteiger partial charge in [-0.05, 0) is 24.8 Å². The Hall–Kier alpha value is -2.15. The first-order valence-corrected chi connectivity index (χ1v) is 8.18. The molecule has 3 rings (SSSR count). The summed E-state index contributed by atoms with van der Waals surface area (Å²) in [4.78, 5) is 17.8. The Morgan fingerprint density at radius 2 is 2.41 bits per heavy atom. The van der Waals surface area contributed by atoms with E-state index in [-0.39, 0.29) is 12.0 Å². The average molecular weight is 318 g/mol. The summed E-state index contributed by atoms with van der Waals surface area (Å²) in [5.74, 6) is 0.346. The summed E-state index contributed by atoms with van der Waals surface area (Å²) >= 11 is 1.59. The smallest absolute Gasteiger partial charge is 0.338 e. The number of ether oxygens (including phenoxy) is 1. The lowest BCUT2D eigenvalue weighted by Crippen LogP contribution is -2.29. The summed E-state index contributed by atoms with van der Waals surface area (Å²) in [7, 11) is 0. The third kappa shape index (κ3) is 2.64. The van der Waals surface area contributed by atoms with Gasteiger partial charge in [0.25, 0.3) is 0 Å². The van der Waals surface area contributed by atoms with Crippen molar-refractivity contribution in [1.29, 1.82) is 0 Å². The lowest BCUT2D eigenvalue weighted by molar-refractivity contribution is -0.139. The fourth-order valence-corrected chi connectivity index (χ4v) is 3.27. The summed E-state index contributed by atoms with van der Waals surface area (Å²) in [6.07, 6.45) is 3.34. The van der Waals surface area contributed by atoms with Crippen LogP contribution < -0.4 is 5.32 Å². The van der Waals surface area contributed by atoms with E-state index in [1.54, 1.807) is 16.0 Å². The SMILES string of the molecule is CCCCOC(=O)C1=C(C)Nc2ncnn2C1c1cccs1. The molecule has 0 radical (unpaired) electrons. The fraction of sp³-hybridized carbons (Fsp3) is 0.400. The minimum atomic E-state index is -0.294. The molecule has 116 valence electrons. The molecule has 1 aliphatic heterocycles. The van der Waals surface area contributed by atoms with Gasteiger partial charge in [-0.3, -0.25) is 0 Å². The Kier molecular flexibility index (Phi) is 4.24. The van der Waals surface area contributed by atoms with Crippen LogP contribution >= 0.6 is 11.3 Å². The van der Waals surface area contributed by atoms with Gasteiger partial charge in [0.1, 0.15) is 12.4 Å². The minimum Gasteiger partial charge on any atom is -0.462 e. The normalized spacial score (nSPS) is 17.1. The summed E-state index contributed by atoms with van der Waals surface area (Å²) < 4.78 is 7.15. The predicted octanol–water partition coefficient (Wildman–Crippen LogP) is 2.97. The summed E-state index contributed by atoms with van der Waals surface area (Å²) in [6, 6.07) is 3.68. The van der Waals surface area contributed by atoms with E-state index in [0.717, 1.165) is 23.4 Å². The van der Waals surface area contributed by atoms with Crippen molar-refractivity contribution < 1.29 is 9.53 Å². The van der Waals surface area contributed by atoms with E-state index in [0.29, 0.717) is 18.1 Å². The van der Waals surface area contributed by atoms with Crippen LogP contribution in [-0.2, 0) is 9.53 Å². The Labute approximate surface area is 132 Å². The van der Waals surface area contributed by atoms with E-state index in [1.165, 1.54) is 6.33 Å². The molecule has 2 aromatic rings. The number of nitrogens with one attached hydrogen (secondary N) is 1. The van der Waals surface area contributed by atoms with Crippen molar-refractivity contribution >= 4 is 23.3 Å². The Bertz CT molecular complexity index is 690. The van der Waals surface area contributed by atoms with E-state index in [9.17, 15) is 4.79 Å². The fourth-order valence-electron chi connectivity index (χ4n) is 2.45. The molecule has 0 fully saturated rings. The number of hydrogen-bond acceptors (Lipinski definition) is 6. The molecular formula is C15H18N4O2S. The molecule has 3 heterocycles. The number of thiophene rings is 1. The van der Waals surface area contributed by atoms with Crippen LogP contribution in [0.1, 0.15) is 37.6 Å². The third-order valence-electron chi connectivity index (χ3n) is 3.56. The molecule has 7 heteroatoms. The molecule has 0 saturated heterocycles. The van der Waals surface area contributed by atoms with Gasteiger partial charge in [0.05, 0.1) is 12.2 Å². The van der Waals surface area contributed by atoms with Crippen molar-refractivity contribution in [1.82, 2.24) is 14.8 Å². The quantitative estimate of drug-likeness (QED) is 0.678. The van der Waals surface area contributed by atoms with Gasteiger partial charge < -0.3 is 10.1 Å². The van der Waals surface area contributed by atoms with Gasteiger partial charge in [-0.1, -0.05) is 19.4 Å². The first-order valence-electron chi connectivity index (χ1n) is 7.30. The molecule has 1 N–H and O–H groups in total. The molecule has 0 amide bonds. The maximum absolute atomic E-state index is 12.5. The molecule has 2 aromatic heterocycles. The number of carbonyl (C=O) groups is 1. The first-order chi connectivity index (χ1) is 10.7. The van der Waals surface area contributed by atoms with Gasteiger partial charge in [-0.15, -0.1) is 11.3 Å². The second-order valence-electron chi connectivity index (χ2n) is 5.10. The lowest BCUT2D eigenvalue weighted by Gasteiger charge is -2.27. The predicted molar refractivity (Wildman–Crippen MR) is 84.7 cm³/mol. The lowest BCUT2D eigenvalue weighted by atomic mass is 10.0. The molecule has 0 spiro atoms. The molecule has 6 nitrogen and oxygen atoms in total. The van der Waals surface area contributed by atoms with Crippen LogP contribution in [0.5, 0.6) is 0 Å². The average Bonchev–Trinajstić information content (AvgIpc) is 3.16. The van der Waals surface area contributed by atoms with Crippen LogP contribution in [0.3, 0.4) is 0 Å². The van der Waals surface area contributed by atoms with Crippen LogP contribution in [0, 0.1) is 0 Å². The van der Waals surface area contributed by atoms with Crippen molar-refractivity contribution in [3.8, 4) is 0 Å². The van der Waals surface area contributed by atoms with E-state index in [2.05, 4.69) is 22.3 Å². The number of aromatic nitrogens is 3. The highest BCUT2D eigenvalue weighted by atomic mass is 32.1. The maximum atomic E-state index is 12.5. The van der Waals surface area contributed by atoms with Crippen LogP contribution in [0.25, 0.3) is 0 Å². The number of rotatable bonds is 5. The van der Waals surface area contributed by atoms with Crippen molar-refractivity contribution in [2.45, 2.75) is 32.7 Å². The molecular weight excluding hydrogens is 300 g/mol. The molecule has 0 aliphatic carbocycles. The van der Waals surface area contributed by atoms with Gasteiger partial charge in [0.2, 0.25) is 5.95 Å². The molecule has 1 atom stereocenters. The zero-order chi connectivity index (χ0) is 15.5. The highest BCUT2D eigenvalue weighted by Crippen LogP contribution is 2.36. The van der Waals surface area contributed by atoms with E-state index >= 15 is 0 Å². The second-order valence-corrected chi connectivity index (χ2v) is 6.08. The molecule has 0 saturated carbocycles. The molecule has 1 unspecified atom stereocenters. The Balaban J connectivity index is 1.96. The van der Waals surface area contributed by atoms with Crippen molar-refractivity contribution in [2.24, 2.45) is 0 Å². The number of unbranched alkanes of at least 4 members (excludes halogenated alkanes) is 1. The molecule has 22 heavy (non-hydrogen) atoms. The van der Waals surface area contributed by atoms with Crippen LogP contribution in [0.4, 0.5) is 5.95 Å². The number of hydrogen-bond donors (Lipinski definition) is 1. The molecule has 1 aliphatic rings. The standard InChI is InChI=1S/C15H18N4O2S/c1-3-4-7-21-14(20)12-10(2)18-15-16-9-17-19(15)13(12)11-6-5-8-22-11/h5-6,8-9,13H,3-4,7H2,1-2H3,(H,16,17,18). The second kappa shape index (κ2) is 6.31. The highest BCUT2D eigenvalue weighted by Gasteiger charge is 2.34. The summed E-state index contributed by atoms with van der Waals surface area (Å²) in [5.41, 5.74) is 1.36. The van der Waals surface area contributed by atoms with Crippen LogP contribution in [0.2, 0.25) is 0 Å². The van der Waals surface area contributed by atoms with Gasteiger partial charge in [-0.25, -0.2) is 9.48 Å². The zero-order valence-electron chi connectivity index (χ0n) is 12.6. The minimum absolute atomic E-state index is 0.284. The maximum Gasteiger partial charge on any atom is 0.338 e. The largest absolute Gasteiger partial charge is 0.462 e. The number of carbonyl (C=O) groups excluding carboxylic acids is 1. The van der Waals surface area contributed by atoms with Crippen molar-refractivity contribution in [2.75, 3.05) is 11.9 Å². The van der Waals surface area contributed by atoms with E-state index in [1.807, 2.05) is 24.4 Å². The Morgan fingerprint density at radius 1 is 1.55 bits per heavy atom. The van der Waals surface area contributed by atoms with Crippen molar-refractivity contribution in [3.63, 3.8) is 0 Å². The number of nitrogens with zero attached hydrogens (tertiary/aromatic N) is 3. The number of allylic oxidation sites excluding steroid dienone is 1. The number of anilines is 1. The monoisotopic (exact) mass is 318 g/mol. The van der Waals surface area contributed by atoms with Gasteiger partial charge in [0.15, 0.2) is 0 Å². The van der Waals surface area contributed by atoms with E-state index in [4.69, 9.17) is 4.74 Å². The third-order valence-corrected chi connectivity index (χ3v) is 4.48. The summed E-state index contributed by atoms with van der Waals surface area (Å²) in [5, 5.41) is 9.38.